The highest BCUT2D eigenvalue weighted by Crippen LogP contribution is 2.31. The Morgan fingerprint density at radius 2 is 1.78 bits per heavy atom. The Morgan fingerprint density at radius 3 is 2.47 bits per heavy atom. The minimum Gasteiger partial charge on any atom is -0.490 e. The molecule has 2 aliphatic heterocycles. The second kappa shape index (κ2) is 10.5. The number of carbonyl (C=O) groups is 2. The normalized spacial score (nSPS) is 22.0. The van der Waals surface area contributed by atoms with Crippen LogP contribution in [0.2, 0.25) is 0 Å². The third-order valence-electron chi connectivity index (χ3n) is 5.75. The summed E-state index contributed by atoms with van der Waals surface area (Å²) >= 11 is 0. The predicted octanol–water partition coefficient (Wildman–Crippen LogP) is 2.24. The average Bonchev–Trinajstić information content (AvgIpc) is 2.98. The third kappa shape index (κ3) is 5.92. The smallest absolute Gasteiger partial charge is 0.307 e. The first-order valence-corrected chi connectivity index (χ1v) is 12.6. The second-order valence-electron chi connectivity index (χ2n) is 8.31. The fourth-order valence-electron chi connectivity index (χ4n) is 4.05. The van der Waals surface area contributed by atoms with Gasteiger partial charge in [-0.25, -0.2) is 13.1 Å². The van der Waals surface area contributed by atoms with Crippen LogP contribution in [0.25, 0.3) is 0 Å². The summed E-state index contributed by atoms with van der Waals surface area (Å²) in [5.74, 6) is 0.0228. The van der Waals surface area contributed by atoms with Crippen LogP contribution in [-0.2, 0) is 24.3 Å². The summed E-state index contributed by atoms with van der Waals surface area (Å²) in [4.78, 5) is 26.7. The monoisotopic (exact) mass is 468 g/mol. The average molecular weight is 469 g/mol. The van der Waals surface area contributed by atoms with E-state index in [1.807, 2.05) is 13.8 Å². The number of likely N-dealkylation sites (tertiary alicyclic amines) is 1. The molecular formula is C22H32N2O7S. The van der Waals surface area contributed by atoms with Crippen molar-refractivity contribution in [3.63, 3.8) is 0 Å². The topological polar surface area (TPSA) is 111 Å². The highest BCUT2D eigenvalue weighted by molar-refractivity contribution is 7.89. The summed E-state index contributed by atoms with van der Waals surface area (Å²) < 4.78 is 43.8. The molecule has 1 fully saturated rings. The highest BCUT2D eigenvalue weighted by Gasteiger charge is 2.33. The number of rotatable bonds is 7. The second-order valence-corrected chi connectivity index (χ2v) is 10.1. The Morgan fingerprint density at radius 1 is 1.12 bits per heavy atom. The summed E-state index contributed by atoms with van der Waals surface area (Å²) in [6.45, 7) is 6.36. The SMILES string of the molecule is C[C@@H]1CCC[C@H](C)N1C(=O)[C@@H](C)OC(=O)CCNS(=O)(=O)c1ccc2c(c1)OCCCO2. The lowest BCUT2D eigenvalue weighted by atomic mass is 9.97. The summed E-state index contributed by atoms with van der Waals surface area (Å²) in [6, 6.07) is 4.60. The van der Waals surface area contributed by atoms with Crippen LogP contribution >= 0.6 is 0 Å². The molecule has 10 heteroatoms. The first kappa shape index (κ1) is 24.3. The maximum Gasteiger partial charge on any atom is 0.307 e. The van der Waals surface area contributed by atoms with E-state index in [1.54, 1.807) is 17.9 Å². The van der Waals surface area contributed by atoms with E-state index in [2.05, 4.69) is 4.72 Å². The first-order chi connectivity index (χ1) is 15.2. The number of esters is 1. The van der Waals surface area contributed by atoms with E-state index in [1.165, 1.54) is 12.1 Å². The van der Waals surface area contributed by atoms with Crippen molar-refractivity contribution in [1.29, 1.82) is 0 Å². The zero-order valence-corrected chi connectivity index (χ0v) is 19.7. The van der Waals surface area contributed by atoms with Gasteiger partial charge in [0.25, 0.3) is 5.91 Å². The van der Waals surface area contributed by atoms with Gasteiger partial charge >= 0.3 is 5.97 Å². The van der Waals surface area contributed by atoms with Gasteiger partial charge in [-0.15, -0.1) is 0 Å². The van der Waals surface area contributed by atoms with Gasteiger partial charge in [0, 0.05) is 31.1 Å². The number of ether oxygens (including phenoxy) is 3. The number of fused-ring (bicyclic) bond motifs is 1. The molecule has 1 amide bonds. The van der Waals surface area contributed by atoms with Gasteiger partial charge in [0.15, 0.2) is 17.6 Å². The van der Waals surface area contributed by atoms with E-state index in [0.717, 1.165) is 19.3 Å². The molecule has 2 heterocycles. The van der Waals surface area contributed by atoms with E-state index >= 15 is 0 Å². The molecule has 1 aromatic rings. The van der Waals surface area contributed by atoms with E-state index < -0.39 is 22.1 Å². The number of hydrogen-bond acceptors (Lipinski definition) is 7. The Kier molecular flexibility index (Phi) is 8.00. The Bertz CT molecular complexity index is 924. The molecule has 2 aliphatic rings. The fourth-order valence-corrected chi connectivity index (χ4v) is 5.10. The molecule has 0 aliphatic carbocycles. The van der Waals surface area contributed by atoms with Crippen LogP contribution in [0.3, 0.4) is 0 Å². The molecule has 1 N–H and O–H groups in total. The van der Waals surface area contributed by atoms with Crippen molar-refractivity contribution in [3.8, 4) is 11.5 Å². The van der Waals surface area contributed by atoms with E-state index in [-0.39, 0.29) is 35.9 Å². The quantitative estimate of drug-likeness (QED) is 0.611. The molecule has 0 aromatic heterocycles. The lowest BCUT2D eigenvalue weighted by molar-refractivity contribution is -0.162. The van der Waals surface area contributed by atoms with Gasteiger partial charge < -0.3 is 19.1 Å². The highest BCUT2D eigenvalue weighted by atomic mass is 32.2. The van der Waals surface area contributed by atoms with Crippen LogP contribution in [0.1, 0.15) is 52.9 Å². The fraction of sp³-hybridized carbons (Fsp3) is 0.636. The Balaban J connectivity index is 1.50. The maximum absolute atomic E-state index is 12.7. The van der Waals surface area contributed by atoms with Crippen LogP contribution in [0.5, 0.6) is 11.5 Å². The molecule has 0 spiro atoms. The maximum atomic E-state index is 12.7. The number of hydrogen-bond donors (Lipinski definition) is 1. The van der Waals surface area contributed by atoms with Crippen molar-refractivity contribution in [1.82, 2.24) is 9.62 Å². The molecule has 0 unspecified atom stereocenters. The molecule has 0 radical (unpaired) electrons. The molecule has 3 rings (SSSR count). The van der Waals surface area contributed by atoms with Crippen molar-refractivity contribution >= 4 is 21.9 Å². The van der Waals surface area contributed by atoms with Crippen molar-refractivity contribution in [2.75, 3.05) is 19.8 Å². The molecule has 9 nitrogen and oxygen atoms in total. The van der Waals surface area contributed by atoms with Gasteiger partial charge in [-0.3, -0.25) is 9.59 Å². The van der Waals surface area contributed by atoms with E-state index in [0.29, 0.717) is 31.1 Å². The van der Waals surface area contributed by atoms with E-state index in [9.17, 15) is 18.0 Å². The van der Waals surface area contributed by atoms with Gasteiger partial charge in [-0.2, -0.15) is 0 Å². The number of amides is 1. The van der Waals surface area contributed by atoms with Crippen LogP contribution < -0.4 is 14.2 Å². The summed E-state index contributed by atoms with van der Waals surface area (Å²) in [7, 11) is -3.85. The molecule has 1 aromatic carbocycles. The van der Waals surface area contributed by atoms with Crippen molar-refractivity contribution in [2.24, 2.45) is 0 Å². The summed E-state index contributed by atoms with van der Waals surface area (Å²) in [5, 5.41) is 0. The molecule has 0 bridgehead atoms. The van der Waals surface area contributed by atoms with Crippen LogP contribution in [0.15, 0.2) is 23.1 Å². The van der Waals surface area contributed by atoms with Crippen LogP contribution in [0.4, 0.5) is 0 Å². The van der Waals surface area contributed by atoms with Gasteiger partial charge in [-0.1, -0.05) is 0 Å². The molecular weight excluding hydrogens is 436 g/mol. The molecule has 3 atom stereocenters. The van der Waals surface area contributed by atoms with Gasteiger partial charge in [0.2, 0.25) is 10.0 Å². The summed E-state index contributed by atoms with van der Waals surface area (Å²) in [5.41, 5.74) is 0. The molecule has 32 heavy (non-hydrogen) atoms. The number of piperidine rings is 1. The minimum absolute atomic E-state index is 0.0201. The number of nitrogens with one attached hydrogen (secondary N) is 1. The number of nitrogens with zero attached hydrogens (tertiary/aromatic N) is 1. The lowest BCUT2D eigenvalue weighted by Crippen LogP contribution is -2.51. The largest absolute Gasteiger partial charge is 0.490 e. The van der Waals surface area contributed by atoms with Crippen molar-refractivity contribution in [3.05, 3.63) is 18.2 Å². The number of sulfonamides is 1. The standard InChI is InChI=1S/C22H32N2O7S/c1-15-6-4-7-16(2)24(15)22(26)17(3)31-21(25)10-11-23-32(27,28)18-8-9-19-20(14-18)30-13-5-12-29-19/h8-9,14-17,23H,4-7,10-13H2,1-3H3/t15-,16+,17-/m1/s1. The Hall–Kier alpha value is -2.33. The van der Waals surface area contributed by atoms with Crippen molar-refractivity contribution in [2.45, 2.75) is 76.0 Å². The van der Waals surface area contributed by atoms with Crippen molar-refractivity contribution < 1.29 is 32.2 Å². The van der Waals surface area contributed by atoms with Gasteiger partial charge in [0.05, 0.1) is 24.5 Å². The van der Waals surface area contributed by atoms with E-state index in [4.69, 9.17) is 14.2 Å². The first-order valence-electron chi connectivity index (χ1n) is 11.1. The van der Waals surface area contributed by atoms with Crippen LogP contribution in [0, 0.1) is 0 Å². The summed E-state index contributed by atoms with van der Waals surface area (Å²) in [6.07, 6.45) is 2.55. The minimum atomic E-state index is -3.85. The lowest BCUT2D eigenvalue weighted by Gasteiger charge is -2.40. The molecule has 178 valence electrons. The van der Waals surface area contributed by atoms with Crippen LogP contribution in [-0.4, -0.2) is 63.1 Å². The molecule has 0 saturated carbocycles. The van der Waals surface area contributed by atoms with Gasteiger partial charge in [0.1, 0.15) is 0 Å². The zero-order chi connectivity index (χ0) is 23.3. The predicted molar refractivity (Wildman–Crippen MR) is 117 cm³/mol. The molecule has 1 saturated heterocycles. The van der Waals surface area contributed by atoms with Gasteiger partial charge in [-0.05, 0) is 52.2 Å². The Labute approximate surface area is 189 Å². The third-order valence-corrected chi connectivity index (χ3v) is 7.21. The number of carbonyl (C=O) groups excluding carboxylic acids is 2. The zero-order valence-electron chi connectivity index (χ0n) is 18.8. The number of benzene rings is 1.